The van der Waals surface area contributed by atoms with E-state index in [-0.39, 0.29) is 6.61 Å². The first kappa shape index (κ1) is 14.0. The molecule has 0 aliphatic heterocycles. The number of rotatable bonds is 8. The Morgan fingerprint density at radius 1 is 1.18 bits per heavy atom. The van der Waals surface area contributed by atoms with E-state index >= 15 is 0 Å². The molecule has 1 atom stereocenters. The van der Waals surface area contributed by atoms with Crippen molar-refractivity contribution in [2.75, 3.05) is 13.2 Å². The molecule has 0 saturated heterocycles. The fourth-order valence-electron chi connectivity index (χ4n) is 1.62. The van der Waals surface area contributed by atoms with Gasteiger partial charge in [-0.25, -0.2) is 0 Å². The maximum absolute atomic E-state index is 9.44. The number of benzene rings is 1. The molecular formula is C14H22O3. The average Bonchev–Trinajstić information content (AvgIpc) is 2.34. The molecule has 1 aromatic rings. The van der Waals surface area contributed by atoms with Crippen LogP contribution in [0.25, 0.3) is 0 Å². The van der Waals surface area contributed by atoms with Crippen LogP contribution in [-0.4, -0.2) is 23.4 Å². The second-order valence-electron chi connectivity index (χ2n) is 4.23. The number of unbranched alkanes of at least 4 members (excludes halogenated alkanes) is 3. The minimum atomic E-state index is -0.455. The molecule has 0 saturated carbocycles. The number of hydrogen-bond acceptors (Lipinski definition) is 3. The summed E-state index contributed by atoms with van der Waals surface area (Å²) in [6.45, 7) is 2.71. The minimum absolute atomic E-state index is 0.275. The first-order valence-electron chi connectivity index (χ1n) is 6.25. The summed E-state index contributed by atoms with van der Waals surface area (Å²) in [7, 11) is 0. The van der Waals surface area contributed by atoms with Crippen LogP contribution < -0.4 is 4.74 Å². The number of hydrogen-bond donors (Lipinski definition) is 2. The fraction of sp³-hybridized carbons (Fsp3) is 0.571. The molecule has 3 nitrogen and oxygen atoms in total. The molecular weight excluding hydrogens is 216 g/mol. The van der Waals surface area contributed by atoms with Crippen molar-refractivity contribution in [3.63, 3.8) is 0 Å². The lowest BCUT2D eigenvalue weighted by Gasteiger charge is -2.09. The van der Waals surface area contributed by atoms with E-state index in [4.69, 9.17) is 9.84 Å². The quantitative estimate of drug-likeness (QED) is 0.685. The van der Waals surface area contributed by atoms with Gasteiger partial charge in [-0.15, -0.1) is 0 Å². The van der Waals surface area contributed by atoms with Gasteiger partial charge in [0.25, 0.3) is 0 Å². The van der Waals surface area contributed by atoms with Crippen molar-refractivity contribution < 1.29 is 14.9 Å². The van der Waals surface area contributed by atoms with E-state index in [2.05, 4.69) is 0 Å². The zero-order chi connectivity index (χ0) is 12.5. The van der Waals surface area contributed by atoms with Crippen molar-refractivity contribution in [1.82, 2.24) is 0 Å². The molecule has 1 rings (SSSR count). The molecule has 2 N–H and O–H groups in total. The average molecular weight is 238 g/mol. The Kier molecular flexibility index (Phi) is 6.67. The van der Waals surface area contributed by atoms with Crippen molar-refractivity contribution >= 4 is 0 Å². The summed E-state index contributed by atoms with van der Waals surface area (Å²) in [5, 5.41) is 18.1. The fourth-order valence-corrected chi connectivity index (χ4v) is 1.62. The van der Waals surface area contributed by atoms with E-state index in [1.54, 1.807) is 6.92 Å². The molecule has 0 unspecified atom stereocenters. The van der Waals surface area contributed by atoms with Crippen molar-refractivity contribution in [2.24, 2.45) is 0 Å². The summed E-state index contributed by atoms with van der Waals surface area (Å²) >= 11 is 0. The second-order valence-corrected chi connectivity index (χ2v) is 4.23. The Morgan fingerprint density at radius 3 is 2.65 bits per heavy atom. The molecule has 96 valence electrons. The summed E-state index contributed by atoms with van der Waals surface area (Å²) in [6, 6.07) is 7.56. The lowest BCUT2D eigenvalue weighted by Crippen LogP contribution is -1.99. The monoisotopic (exact) mass is 238 g/mol. The van der Waals surface area contributed by atoms with Crippen LogP contribution in [0.15, 0.2) is 24.3 Å². The predicted molar refractivity (Wildman–Crippen MR) is 68.1 cm³/mol. The van der Waals surface area contributed by atoms with Crippen molar-refractivity contribution in [3.05, 3.63) is 29.8 Å². The van der Waals surface area contributed by atoms with Crippen molar-refractivity contribution in [3.8, 4) is 5.75 Å². The first-order valence-corrected chi connectivity index (χ1v) is 6.25. The molecule has 0 aliphatic rings. The predicted octanol–water partition coefficient (Wildman–Crippen LogP) is 2.67. The molecule has 0 amide bonds. The smallest absolute Gasteiger partial charge is 0.119 e. The lowest BCUT2D eigenvalue weighted by molar-refractivity contribution is 0.198. The zero-order valence-corrected chi connectivity index (χ0v) is 10.4. The van der Waals surface area contributed by atoms with E-state index in [0.29, 0.717) is 6.61 Å². The van der Waals surface area contributed by atoms with Crippen LogP contribution >= 0.6 is 0 Å². The molecule has 0 heterocycles. The molecule has 0 fully saturated rings. The van der Waals surface area contributed by atoms with Crippen LogP contribution in [0.5, 0.6) is 5.75 Å². The largest absolute Gasteiger partial charge is 0.494 e. The topological polar surface area (TPSA) is 49.7 Å². The molecule has 0 aliphatic carbocycles. The normalized spacial score (nSPS) is 12.4. The van der Waals surface area contributed by atoms with Gasteiger partial charge in [0, 0.05) is 6.61 Å². The Hall–Kier alpha value is -1.06. The van der Waals surface area contributed by atoms with Gasteiger partial charge >= 0.3 is 0 Å². The Morgan fingerprint density at radius 2 is 1.94 bits per heavy atom. The summed E-state index contributed by atoms with van der Waals surface area (Å²) in [4.78, 5) is 0. The molecule has 0 radical (unpaired) electrons. The third kappa shape index (κ3) is 5.71. The maximum atomic E-state index is 9.44. The number of aliphatic hydroxyl groups is 2. The minimum Gasteiger partial charge on any atom is -0.494 e. The molecule has 0 aromatic heterocycles. The van der Waals surface area contributed by atoms with Crippen molar-refractivity contribution in [2.45, 2.75) is 38.7 Å². The van der Waals surface area contributed by atoms with Gasteiger partial charge in [-0.2, -0.15) is 0 Å². The highest BCUT2D eigenvalue weighted by molar-refractivity contribution is 5.29. The molecule has 1 aromatic carbocycles. The van der Waals surface area contributed by atoms with E-state index in [0.717, 1.165) is 37.0 Å². The van der Waals surface area contributed by atoms with Crippen LogP contribution in [0.4, 0.5) is 0 Å². The molecule has 3 heteroatoms. The van der Waals surface area contributed by atoms with Gasteiger partial charge in [0.1, 0.15) is 5.75 Å². The third-order valence-corrected chi connectivity index (χ3v) is 2.66. The van der Waals surface area contributed by atoms with Crippen molar-refractivity contribution in [1.29, 1.82) is 0 Å². The SMILES string of the molecule is C[C@@H](O)c1cccc(OCCCCCCO)c1. The summed E-state index contributed by atoms with van der Waals surface area (Å²) in [6.07, 6.45) is 3.55. The summed E-state index contributed by atoms with van der Waals surface area (Å²) in [5.74, 6) is 0.811. The van der Waals surface area contributed by atoms with Crippen LogP contribution in [0.1, 0.15) is 44.3 Å². The van der Waals surface area contributed by atoms with Crippen LogP contribution in [0.2, 0.25) is 0 Å². The third-order valence-electron chi connectivity index (χ3n) is 2.66. The number of ether oxygens (including phenoxy) is 1. The van der Waals surface area contributed by atoms with Gasteiger partial charge in [-0.05, 0) is 43.9 Å². The van der Waals surface area contributed by atoms with E-state index in [1.807, 2.05) is 24.3 Å². The maximum Gasteiger partial charge on any atom is 0.119 e. The highest BCUT2D eigenvalue weighted by Gasteiger charge is 2.01. The van der Waals surface area contributed by atoms with Crippen LogP contribution in [0.3, 0.4) is 0 Å². The van der Waals surface area contributed by atoms with Gasteiger partial charge in [0.15, 0.2) is 0 Å². The van der Waals surface area contributed by atoms with Gasteiger partial charge < -0.3 is 14.9 Å². The Balaban J connectivity index is 2.24. The van der Waals surface area contributed by atoms with Crippen LogP contribution in [0, 0.1) is 0 Å². The highest BCUT2D eigenvalue weighted by Crippen LogP contribution is 2.19. The Bertz CT molecular complexity index is 310. The zero-order valence-electron chi connectivity index (χ0n) is 10.4. The second kappa shape index (κ2) is 8.09. The van der Waals surface area contributed by atoms with E-state index < -0.39 is 6.10 Å². The van der Waals surface area contributed by atoms with E-state index in [9.17, 15) is 5.11 Å². The first-order chi connectivity index (χ1) is 8.24. The van der Waals surface area contributed by atoms with Crippen LogP contribution in [-0.2, 0) is 0 Å². The molecule has 17 heavy (non-hydrogen) atoms. The van der Waals surface area contributed by atoms with E-state index in [1.165, 1.54) is 0 Å². The summed E-state index contributed by atoms with van der Waals surface area (Å²) < 4.78 is 5.60. The van der Waals surface area contributed by atoms with Gasteiger partial charge in [-0.1, -0.05) is 18.6 Å². The lowest BCUT2D eigenvalue weighted by atomic mass is 10.1. The highest BCUT2D eigenvalue weighted by atomic mass is 16.5. The van der Waals surface area contributed by atoms with Gasteiger partial charge in [-0.3, -0.25) is 0 Å². The standard InChI is InChI=1S/C14H22O3/c1-12(16)13-7-6-8-14(11-13)17-10-5-3-2-4-9-15/h6-8,11-12,15-16H,2-5,9-10H2,1H3/t12-/m1/s1. The Labute approximate surface area is 103 Å². The number of aliphatic hydroxyl groups excluding tert-OH is 2. The van der Waals surface area contributed by atoms with Gasteiger partial charge in [0.05, 0.1) is 12.7 Å². The molecule has 0 bridgehead atoms. The molecule has 0 spiro atoms. The van der Waals surface area contributed by atoms with Gasteiger partial charge in [0.2, 0.25) is 0 Å². The summed E-state index contributed by atoms with van der Waals surface area (Å²) in [5.41, 5.74) is 0.878.